The molecule has 0 aliphatic carbocycles. The summed E-state index contributed by atoms with van der Waals surface area (Å²) in [7, 11) is 1.29. The molecule has 50 valence electrons. The SMILES string of the molecule is C=CCBCCCC=C. The number of hydrogen-bond acceptors (Lipinski definition) is 0. The van der Waals surface area contributed by atoms with E-state index in [1.165, 1.54) is 20.0 Å². The summed E-state index contributed by atoms with van der Waals surface area (Å²) in [6, 6.07) is 0. The van der Waals surface area contributed by atoms with E-state index in [2.05, 4.69) is 13.2 Å². The summed E-state index contributed by atoms with van der Waals surface area (Å²) in [5.74, 6) is 0. The lowest BCUT2D eigenvalue weighted by Crippen LogP contribution is -1.84. The third-order valence-electron chi connectivity index (χ3n) is 1.32. The first kappa shape index (κ1) is 8.54. The van der Waals surface area contributed by atoms with Crippen LogP contribution in [0, 0.1) is 0 Å². The molecule has 0 aromatic carbocycles. The maximum Gasteiger partial charge on any atom is 0.124 e. The summed E-state index contributed by atoms with van der Waals surface area (Å²) >= 11 is 0. The minimum absolute atomic E-state index is 1.16. The molecule has 0 aromatic heterocycles. The van der Waals surface area contributed by atoms with Gasteiger partial charge in [-0.05, 0) is 6.42 Å². The molecule has 0 aromatic rings. The fourth-order valence-corrected chi connectivity index (χ4v) is 0.754. The molecular weight excluding hydrogens is 107 g/mol. The minimum Gasteiger partial charge on any atom is -0.104 e. The molecule has 0 amide bonds. The highest BCUT2D eigenvalue weighted by Crippen LogP contribution is 1.97. The zero-order valence-corrected chi connectivity index (χ0v) is 6.10. The summed E-state index contributed by atoms with van der Waals surface area (Å²) in [6.45, 7) is 7.32. The van der Waals surface area contributed by atoms with E-state index in [1.807, 2.05) is 12.2 Å². The van der Waals surface area contributed by atoms with Crippen molar-refractivity contribution in [3.05, 3.63) is 25.3 Å². The first-order valence-corrected chi connectivity index (χ1v) is 3.63. The predicted molar refractivity (Wildman–Crippen MR) is 46.4 cm³/mol. The van der Waals surface area contributed by atoms with Gasteiger partial charge in [-0.1, -0.05) is 31.2 Å². The van der Waals surface area contributed by atoms with E-state index in [0.29, 0.717) is 0 Å². The molecule has 0 nitrogen and oxygen atoms in total. The molecule has 0 N–H and O–H groups in total. The van der Waals surface area contributed by atoms with Crippen LogP contribution in [-0.4, -0.2) is 7.28 Å². The van der Waals surface area contributed by atoms with Crippen LogP contribution in [0.2, 0.25) is 12.6 Å². The highest BCUT2D eigenvalue weighted by molar-refractivity contribution is 6.35. The summed E-state index contributed by atoms with van der Waals surface area (Å²) in [6.07, 6.45) is 8.89. The van der Waals surface area contributed by atoms with Crippen molar-refractivity contribution < 1.29 is 0 Å². The lowest BCUT2D eigenvalue weighted by Gasteiger charge is -1.90. The predicted octanol–water partition coefficient (Wildman–Crippen LogP) is 2.41. The molecule has 0 aliphatic rings. The molecule has 0 spiro atoms. The van der Waals surface area contributed by atoms with Gasteiger partial charge in [0, 0.05) is 0 Å². The summed E-state index contributed by atoms with van der Waals surface area (Å²) < 4.78 is 0. The maximum atomic E-state index is 3.66. The van der Waals surface area contributed by atoms with E-state index in [0.717, 1.165) is 12.7 Å². The van der Waals surface area contributed by atoms with Gasteiger partial charge >= 0.3 is 0 Å². The Morgan fingerprint density at radius 3 is 2.56 bits per heavy atom. The molecule has 9 heavy (non-hydrogen) atoms. The van der Waals surface area contributed by atoms with Gasteiger partial charge in [0.25, 0.3) is 0 Å². The maximum absolute atomic E-state index is 3.66. The van der Waals surface area contributed by atoms with Gasteiger partial charge < -0.3 is 0 Å². The van der Waals surface area contributed by atoms with Crippen molar-refractivity contribution in [2.75, 3.05) is 0 Å². The van der Waals surface area contributed by atoms with Crippen LogP contribution in [0.5, 0.6) is 0 Å². The van der Waals surface area contributed by atoms with Gasteiger partial charge in [0.15, 0.2) is 0 Å². The van der Waals surface area contributed by atoms with Gasteiger partial charge in [-0.3, -0.25) is 0 Å². The normalized spacial score (nSPS) is 8.44. The summed E-state index contributed by atoms with van der Waals surface area (Å²) in [5, 5.41) is 0. The average molecular weight is 122 g/mol. The van der Waals surface area contributed by atoms with Crippen molar-refractivity contribution in [2.24, 2.45) is 0 Å². The van der Waals surface area contributed by atoms with Crippen LogP contribution in [-0.2, 0) is 0 Å². The molecule has 0 unspecified atom stereocenters. The van der Waals surface area contributed by atoms with Crippen LogP contribution < -0.4 is 0 Å². The van der Waals surface area contributed by atoms with E-state index in [-0.39, 0.29) is 0 Å². The third kappa shape index (κ3) is 7.54. The molecule has 0 heterocycles. The smallest absolute Gasteiger partial charge is 0.104 e. The van der Waals surface area contributed by atoms with Crippen molar-refractivity contribution in [3.63, 3.8) is 0 Å². The third-order valence-corrected chi connectivity index (χ3v) is 1.32. The van der Waals surface area contributed by atoms with Crippen molar-refractivity contribution in [2.45, 2.75) is 25.5 Å². The minimum atomic E-state index is 1.16. The molecule has 1 heteroatoms. The van der Waals surface area contributed by atoms with Crippen molar-refractivity contribution >= 4 is 7.28 Å². The average Bonchev–Trinajstić information content (AvgIpc) is 1.89. The Bertz CT molecular complexity index is 66.6. The molecule has 0 rings (SSSR count). The molecular formula is C8H15B. The Hall–Kier alpha value is -0.455. The lowest BCUT2D eigenvalue weighted by molar-refractivity contribution is 0.951. The lowest BCUT2D eigenvalue weighted by atomic mass is 9.70. The topological polar surface area (TPSA) is 0 Å². The van der Waals surface area contributed by atoms with Crippen LogP contribution in [0.25, 0.3) is 0 Å². The van der Waals surface area contributed by atoms with Gasteiger partial charge in [-0.15, -0.1) is 13.2 Å². The Morgan fingerprint density at radius 1 is 1.22 bits per heavy atom. The molecule has 0 radical (unpaired) electrons. The molecule has 0 saturated heterocycles. The van der Waals surface area contributed by atoms with E-state index in [1.54, 1.807) is 0 Å². The van der Waals surface area contributed by atoms with Crippen LogP contribution in [0.1, 0.15) is 12.8 Å². The zero-order chi connectivity index (χ0) is 6.95. The highest BCUT2D eigenvalue weighted by Gasteiger charge is 1.85. The zero-order valence-electron chi connectivity index (χ0n) is 6.10. The van der Waals surface area contributed by atoms with E-state index in [9.17, 15) is 0 Å². The Kier molecular flexibility index (Phi) is 7.16. The van der Waals surface area contributed by atoms with E-state index >= 15 is 0 Å². The first-order valence-electron chi connectivity index (χ1n) is 3.63. The van der Waals surface area contributed by atoms with Crippen LogP contribution in [0.15, 0.2) is 25.3 Å². The van der Waals surface area contributed by atoms with Gasteiger partial charge in [0.1, 0.15) is 7.28 Å². The molecule has 0 fully saturated rings. The second-order valence-electron chi connectivity index (χ2n) is 2.22. The number of allylic oxidation sites excluding steroid dienone is 2. The quantitative estimate of drug-likeness (QED) is 0.288. The van der Waals surface area contributed by atoms with Gasteiger partial charge in [-0.25, -0.2) is 0 Å². The van der Waals surface area contributed by atoms with Gasteiger partial charge in [0.2, 0.25) is 0 Å². The monoisotopic (exact) mass is 122 g/mol. The first-order chi connectivity index (χ1) is 4.41. The Balaban J connectivity index is 2.74. The number of unbranched alkanes of at least 4 members (excludes halogenated alkanes) is 1. The fourth-order valence-electron chi connectivity index (χ4n) is 0.754. The largest absolute Gasteiger partial charge is 0.124 e. The van der Waals surface area contributed by atoms with Crippen molar-refractivity contribution in [3.8, 4) is 0 Å². The fraction of sp³-hybridized carbons (Fsp3) is 0.500. The van der Waals surface area contributed by atoms with E-state index in [4.69, 9.17) is 0 Å². The highest BCUT2D eigenvalue weighted by atomic mass is 13.8. The number of hydrogen-bond donors (Lipinski definition) is 0. The standard InChI is InChI=1S/C8H15B/c1-3-5-6-8-9-7-4-2/h3-4,9H,1-2,5-8H2. The van der Waals surface area contributed by atoms with Crippen molar-refractivity contribution in [1.82, 2.24) is 0 Å². The van der Waals surface area contributed by atoms with Crippen LogP contribution in [0.3, 0.4) is 0 Å². The summed E-state index contributed by atoms with van der Waals surface area (Å²) in [4.78, 5) is 0. The Labute approximate surface area is 58.9 Å². The number of rotatable bonds is 6. The van der Waals surface area contributed by atoms with E-state index < -0.39 is 0 Å². The summed E-state index contributed by atoms with van der Waals surface area (Å²) in [5.41, 5.74) is 0. The molecule has 0 bridgehead atoms. The van der Waals surface area contributed by atoms with Crippen LogP contribution >= 0.6 is 0 Å². The second-order valence-corrected chi connectivity index (χ2v) is 2.22. The molecule has 0 atom stereocenters. The Morgan fingerprint density at radius 2 is 2.00 bits per heavy atom. The van der Waals surface area contributed by atoms with Crippen molar-refractivity contribution in [1.29, 1.82) is 0 Å². The van der Waals surface area contributed by atoms with Crippen LogP contribution in [0.4, 0.5) is 0 Å². The van der Waals surface area contributed by atoms with Gasteiger partial charge in [-0.2, -0.15) is 0 Å². The second kappa shape index (κ2) is 7.54. The molecule has 0 aliphatic heterocycles. The van der Waals surface area contributed by atoms with Gasteiger partial charge in [0.05, 0.1) is 0 Å². The molecule has 0 saturated carbocycles.